The van der Waals surface area contributed by atoms with E-state index in [-0.39, 0.29) is 29.3 Å². The number of hydrogen-bond donors (Lipinski definition) is 3. The molecule has 226 valence electrons. The summed E-state index contributed by atoms with van der Waals surface area (Å²) in [6.45, 7) is -1.89. The van der Waals surface area contributed by atoms with Crippen molar-refractivity contribution < 1.29 is 50.9 Å². The van der Waals surface area contributed by atoms with Gasteiger partial charge in [-0.15, -0.1) is 0 Å². The van der Waals surface area contributed by atoms with Crippen LogP contribution in [0.1, 0.15) is 31.2 Å². The van der Waals surface area contributed by atoms with Crippen molar-refractivity contribution in [2.75, 3.05) is 33.1 Å². The zero-order valence-electron chi connectivity index (χ0n) is 22.6. The number of aliphatic carboxylic acids is 1. The maximum Gasteiger partial charge on any atom is 0.490 e. The monoisotopic (exact) mass is 589 g/mol. The lowest BCUT2D eigenvalue weighted by Gasteiger charge is -2.45. The van der Waals surface area contributed by atoms with E-state index in [1.807, 2.05) is 6.07 Å². The number of ether oxygens (including phenoxy) is 3. The summed E-state index contributed by atoms with van der Waals surface area (Å²) in [5.41, 5.74) is 1.75. The Hall–Kier alpha value is -3.81. The molecule has 2 aromatic rings. The summed E-state index contributed by atoms with van der Waals surface area (Å²) in [4.78, 5) is 23.9. The number of carbonyl (C=O) groups excluding carboxylic acids is 1. The molecule has 0 radical (unpaired) electrons. The lowest BCUT2D eigenvalue weighted by atomic mass is 9.65. The van der Waals surface area contributed by atoms with Crippen LogP contribution in [0.4, 0.5) is 32.4 Å². The Labute approximate surface area is 233 Å². The van der Waals surface area contributed by atoms with Gasteiger partial charge in [-0.25, -0.2) is 9.59 Å². The first-order chi connectivity index (χ1) is 19.3. The second-order valence-electron chi connectivity index (χ2n) is 9.75. The number of hydrogen-bond acceptors (Lipinski definition) is 6. The van der Waals surface area contributed by atoms with Crippen LogP contribution in [0.2, 0.25) is 0 Å². The molecule has 1 saturated carbocycles. The van der Waals surface area contributed by atoms with Gasteiger partial charge < -0.3 is 34.9 Å². The maximum absolute atomic E-state index is 12.6. The molecule has 14 heteroatoms. The van der Waals surface area contributed by atoms with Crippen molar-refractivity contribution >= 4 is 17.7 Å². The number of nitrogens with one attached hydrogen (secondary N) is 2. The van der Waals surface area contributed by atoms with Crippen molar-refractivity contribution in [1.29, 1.82) is 0 Å². The zero-order chi connectivity index (χ0) is 30.4. The highest BCUT2D eigenvalue weighted by atomic mass is 19.4. The van der Waals surface area contributed by atoms with Crippen molar-refractivity contribution in [3.63, 3.8) is 0 Å². The number of rotatable bonds is 7. The molecule has 2 amide bonds. The summed E-state index contributed by atoms with van der Waals surface area (Å²) >= 11 is 0. The van der Waals surface area contributed by atoms with Crippen molar-refractivity contribution in [2.24, 2.45) is 0 Å². The predicted octanol–water partition coefficient (Wildman–Crippen LogP) is 5.25. The van der Waals surface area contributed by atoms with E-state index in [4.69, 9.17) is 19.4 Å². The van der Waals surface area contributed by atoms with Crippen molar-refractivity contribution in [3.05, 3.63) is 48.0 Å². The smallest absolute Gasteiger partial charge is 0.490 e. The van der Waals surface area contributed by atoms with Crippen molar-refractivity contribution in [1.82, 2.24) is 10.2 Å². The second kappa shape index (κ2) is 13.2. The van der Waals surface area contributed by atoms with E-state index in [9.17, 15) is 26.7 Å². The maximum atomic E-state index is 12.6. The van der Waals surface area contributed by atoms with Gasteiger partial charge in [0.1, 0.15) is 5.75 Å². The van der Waals surface area contributed by atoms with Gasteiger partial charge >= 0.3 is 24.8 Å². The Bertz CT molecular complexity index is 1200. The Morgan fingerprint density at radius 2 is 1.68 bits per heavy atom. The van der Waals surface area contributed by atoms with Crippen molar-refractivity contribution in [3.8, 4) is 17.2 Å². The molecule has 4 rings (SSSR count). The molecule has 1 heterocycles. The summed E-state index contributed by atoms with van der Waals surface area (Å²) < 4.78 is 71.6. The van der Waals surface area contributed by atoms with Gasteiger partial charge in [-0.3, -0.25) is 0 Å². The van der Waals surface area contributed by atoms with Gasteiger partial charge in [-0.2, -0.15) is 22.0 Å². The minimum atomic E-state index is -5.08. The topological polar surface area (TPSA) is 109 Å². The second-order valence-corrected chi connectivity index (χ2v) is 9.75. The normalized spacial score (nSPS) is 22.2. The number of benzene rings is 2. The Morgan fingerprint density at radius 3 is 2.24 bits per heavy atom. The summed E-state index contributed by atoms with van der Waals surface area (Å²) in [7, 11) is 5.42. The number of carboxylic acids is 1. The number of likely N-dealkylation sites (N-methyl/N-ethyl adjacent to an activating group) is 1. The number of fused-ring (bicyclic) bond motifs is 1. The molecule has 1 aliphatic heterocycles. The Balaban J connectivity index is 0.000000587. The van der Waals surface area contributed by atoms with Gasteiger partial charge in [-0.1, -0.05) is 6.07 Å². The van der Waals surface area contributed by atoms with E-state index in [2.05, 4.69) is 39.5 Å². The van der Waals surface area contributed by atoms with Gasteiger partial charge in [-0.05, 0) is 81.2 Å². The van der Waals surface area contributed by atoms with Crippen LogP contribution in [0.5, 0.6) is 17.2 Å². The molecule has 0 spiro atoms. The standard InChI is InChI=1S/C25H31F2N3O4.C2HF3O2/c1-30-13-12-25(16-4-9-20(32-2)21(14-16)33-3)11-10-18(15-22(25)30)29-24(31)28-17-5-7-19(8-6-17)34-23(26)27;3-2(4,5)1(6)7/h4-9,14,18,22-23H,10-13,15H2,1-3H3,(H2,28,29,31);(H,6,7)/t18-,22+,25+;/m1./s1. The van der Waals surface area contributed by atoms with E-state index in [1.54, 1.807) is 14.2 Å². The summed E-state index contributed by atoms with van der Waals surface area (Å²) in [6.07, 6.45) is -1.40. The molecule has 0 aromatic heterocycles. The number of urea groups is 1. The fraction of sp³-hybridized carbons (Fsp3) is 0.481. The van der Waals surface area contributed by atoms with Crippen LogP contribution in [0, 0.1) is 0 Å². The Kier molecular flexibility index (Phi) is 10.2. The number of amides is 2. The number of alkyl halides is 5. The molecule has 1 aliphatic carbocycles. The summed E-state index contributed by atoms with van der Waals surface area (Å²) in [6, 6.07) is 12.1. The number of carboxylic acid groups (broad SMARTS) is 1. The minimum absolute atomic E-state index is 0.00346. The number of likely N-dealkylation sites (tertiary alicyclic amines) is 1. The van der Waals surface area contributed by atoms with E-state index in [0.717, 1.165) is 38.0 Å². The third kappa shape index (κ3) is 7.90. The van der Waals surface area contributed by atoms with E-state index >= 15 is 0 Å². The van der Waals surface area contributed by atoms with E-state index in [1.165, 1.54) is 29.8 Å². The fourth-order valence-corrected chi connectivity index (χ4v) is 5.47. The lowest BCUT2D eigenvalue weighted by molar-refractivity contribution is -0.192. The third-order valence-electron chi connectivity index (χ3n) is 7.40. The van der Waals surface area contributed by atoms with Crippen LogP contribution in [0.3, 0.4) is 0 Å². The van der Waals surface area contributed by atoms with Gasteiger partial charge in [0, 0.05) is 23.2 Å². The van der Waals surface area contributed by atoms with Crippen LogP contribution in [-0.4, -0.2) is 74.7 Å². The third-order valence-corrected chi connectivity index (χ3v) is 7.40. The minimum Gasteiger partial charge on any atom is -0.493 e. The molecule has 3 atom stereocenters. The van der Waals surface area contributed by atoms with Gasteiger partial charge in [0.2, 0.25) is 0 Å². The first-order valence-electron chi connectivity index (χ1n) is 12.6. The van der Waals surface area contributed by atoms with Crippen LogP contribution < -0.4 is 24.8 Å². The number of methoxy groups -OCH3 is 2. The molecule has 3 N–H and O–H groups in total. The first-order valence-corrected chi connectivity index (χ1v) is 12.6. The predicted molar refractivity (Wildman–Crippen MR) is 139 cm³/mol. The molecule has 41 heavy (non-hydrogen) atoms. The highest BCUT2D eigenvalue weighted by Gasteiger charge is 2.50. The first kappa shape index (κ1) is 31.7. The average molecular weight is 590 g/mol. The van der Waals surface area contributed by atoms with E-state index in [0.29, 0.717) is 11.4 Å². The quantitative estimate of drug-likeness (QED) is 0.379. The SMILES string of the molecule is COc1ccc([C@@]23CC[C@@H](NC(=O)Nc4ccc(OC(F)F)cc4)C[C@@H]2N(C)CC3)cc1OC.O=C(O)C(F)(F)F. The highest BCUT2D eigenvalue weighted by molar-refractivity contribution is 5.89. The van der Waals surface area contributed by atoms with Crippen LogP contribution >= 0.6 is 0 Å². The van der Waals surface area contributed by atoms with Gasteiger partial charge in [0.15, 0.2) is 11.5 Å². The average Bonchev–Trinajstić information content (AvgIpc) is 3.25. The highest BCUT2D eigenvalue weighted by Crippen LogP contribution is 2.49. The lowest BCUT2D eigenvalue weighted by Crippen LogP contribution is -2.52. The molecule has 2 aromatic carbocycles. The van der Waals surface area contributed by atoms with Crippen LogP contribution in [0.25, 0.3) is 0 Å². The largest absolute Gasteiger partial charge is 0.493 e. The van der Waals surface area contributed by atoms with Crippen LogP contribution in [0.15, 0.2) is 42.5 Å². The molecular weight excluding hydrogens is 557 g/mol. The molecule has 9 nitrogen and oxygen atoms in total. The van der Waals surface area contributed by atoms with Gasteiger partial charge in [0.25, 0.3) is 0 Å². The summed E-state index contributed by atoms with van der Waals surface area (Å²) in [5.74, 6) is -1.27. The molecule has 2 fully saturated rings. The molecule has 2 aliphatic rings. The fourth-order valence-electron chi connectivity index (χ4n) is 5.47. The van der Waals surface area contributed by atoms with Crippen LogP contribution in [-0.2, 0) is 10.2 Å². The number of nitrogens with zero attached hydrogens (tertiary/aromatic N) is 1. The molecular formula is C27H32F5N3O6. The Morgan fingerprint density at radius 1 is 1.05 bits per heavy atom. The van der Waals surface area contributed by atoms with Gasteiger partial charge in [0.05, 0.1) is 14.2 Å². The molecule has 0 bridgehead atoms. The van der Waals surface area contributed by atoms with Crippen molar-refractivity contribution in [2.45, 2.75) is 56.0 Å². The zero-order valence-corrected chi connectivity index (χ0v) is 22.6. The number of halogens is 5. The number of carbonyl (C=O) groups is 2. The summed E-state index contributed by atoms with van der Waals surface area (Å²) in [5, 5.41) is 13.0. The van der Waals surface area contributed by atoms with E-state index < -0.39 is 18.8 Å². The number of anilines is 1. The molecule has 1 saturated heterocycles. The molecule has 0 unspecified atom stereocenters.